The lowest BCUT2D eigenvalue weighted by atomic mass is 9.72. The van der Waals surface area contributed by atoms with E-state index in [2.05, 4.69) is 10.6 Å². The molecule has 2 rings (SSSR count). The summed E-state index contributed by atoms with van der Waals surface area (Å²) in [5.41, 5.74) is -1.48. The number of carbonyl (C=O) groups excluding carboxylic acids is 2. The van der Waals surface area contributed by atoms with E-state index in [1.165, 1.54) is 6.92 Å². The lowest BCUT2D eigenvalue weighted by Gasteiger charge is -2.35. The summed E-state index contributed by atoms with van der Waals surface area (Å²) < 4.78 is 40.0. The molecule has 2 atom stereocenters. The van der Waals surface area contributed by atoms with Crippen molar-refractivity contribution in [3.05, 3.63) is 40.2 Å². The summed E-state index contributed by atoms with van der Waals surface area (Å²) in [6.07, 6.45) is 0. The molecule has 28 heavy (non-hydrogen) atoms. The summed E-state index contributed by atoms with van der Waals surface area (Å²) in [5.74, 6) is -7.07. The van der Waals surface area contributed by atoms with Crippen molar-refractivity contribution >= 4 is 29.3 Å². The highest BCUT2D eigenvalue weighted by Crippen LogP contribution is 2.42. The number of nitrogens with one attached hydrogen (secondary N) is 2. The summed E-state index contributed by atoms with van der Waals surface area (Å²) in [6.45, 7) is 4.57. The fourth-order valence-corrected chi connectivity index (χ4v) is 3.71. The maximum absolute atomic E-state index is 13.7. The number of carbonyl (C=O) groups is 2. The number of hydrogen-bond donors (Lipinski definition) is 2. The first kappa shape index (κ1) is 21.3. The first-order valence-electron chi connectivity index (χ1n) is 8.00. The van der Waals surface area contributed by atoms with E-state index in [1.54, 1.807) is 13.8 Å². The van der Waals surface area contributed by atoms with Crippen molar-refractivity contribution in [1.82, 2.24) is 5.32 Å². The smallest absolute Gasteiger partial charge is 0.243 e. The van der Waals surface area contributed by atoms with Crippen LogP contribution in [0.2, 0.25) is 0 Å². The van der Waals surface area contributed by atoms with Crippen LogP contribution in [0.15, 0.2) is 22.7 Å². The van der Waals surface area contributed by atoms with Gasteiger partial charge in [0.15, 0.2) is 17.5 Å². The third-order valence-electron chi connectivity index (χ3n) is 4.29. The Hall–Kier alpha value is -2.98. The predicted octanol–water partition coefficient (Wildman–Crippen LogP) is 3.20. The number of halogens is 3. The van der Waals surface area contributed by atoms with Crippen LogP contribution in [0.25, 0.3) is 0 Å². The predicted molar refractivity (Wildman–Crippen MR) is 95.7 cm³/mol. The molecule has 0 radical (unpaired) electrons. The quantitative estimate of drug-likeness (QED) is 0.745. The van der Waals surface area contributed by atoms with Crippen LogP contribution in [0.3, 0.4) is 0 Å². The van der Waals surface area contributed by atoms with Gasteiger partial charge in [-0.05, 0) is 19.1 Å². The van der Waals surface area contributed by atoms with E-state index in [9.17, 15) is 33.3 Å². The summed E-state index contributed by atoms with van der Waals surface area (Å²) >= 11 is 0.826. The highest BCUT2D eigenvalue weighted by Gasteiger charge is 2.45. The lowest BCUT2D eigenvalue weighted by Crippen LogP contribution is -2.45. The first-order chi connectivity index (χ1) is 13.0. The number of rotatable bonds is 4. The molecule has 1 aliphatic heterocycles. The van der Waals surface area contributed by atoms with Gasteiger partial charge in [-0.15, -0.1) is 0 Å². The molecule has 0 saturated heterocycles. The molecule has 0 unspecified atom stereocenters. The molecule has 10 heteroatoms. The summed E-state index contributed by atoms with van der Waals surface area (Å²) in [7, 11) is 0. The zero-order chi connectivity index (χ0) is 21.2. The molecule has 0 spiro atoms. The summed E-state index contributed by atoms with van der Waals surface area (Å²) in [4.78, 5) is 24.5. The Bertz CT molecular complexity index is 963. The number of thioether (sulfide) groups is 1. The first-order valence-corrected chi connectivity index (χ1v) is 8.88. The van der Waals surface area contributed by atoms with Crippen LogP contribution in [-0.2, 0) is 9.59 Å². The van der Waals surface area contributed by atoms with Crippen molar-refractivity contribution in [2.75, 3.05) is 5.32 Å². The van der Waals surface area contributed by atoms with Crippen molar-refractivity contribution in [2.24, 2.45) is 11.3 Å². The molecule has 0 fully saturated rings. The number of nitrogens with zero attached hydrogens (tertiary/aromatic N) is 2. The Labute approximate surface area is 163 Å². The van der Waals surface area contributed by atoms with Crippen LogP contribution in [0.4, 0.5) is 18.9 Å². The average molecular weight is 408 g/mol. The van der Waals surface area contributed by atoms with E-state index in [0.717, 1.165) is 17.8 Å². The SMILES string of the molecule is C[C@@H](SC1=C(C#N)C(C)(C)[C@@H](C#N)C(=O)N1)C(=O)Nc1ccc(F)c(F)c1F. The molecular formula is C18H15F3N4O2S. The van der Waals surface area contributed by atoms with E-state index < -0.39 is 51.5 Å². The van der Waals surface area contributed by atoms with Crippen LogP contribution in [0.5, 0.6) is 0 Å². The second-order valence-corrected chi connectivity index (χ2v) is 7.91. The normalized spacial score (nSPS) is 19.3. The molecule has 1 aliphatic rings. The van der Waals surface area contributed by atoms with Gasteiger partial charge in [-0.2, -0.15) is 10.5 Å². The van der Waals surface area contributed by atoms with Crippen LogP contribution in [-0.4, -0.2) is 17.1 Å². The molecule has 0 aromatic heterocycles. The van der Waals surface area contributed by atoms with E-state index >= 15 is 0 Å². The van der Waals surface area contributed by atoms with Crippen molar-refractivity contribution < 1.29 is 22.8 Å². The molecule has 1 aromatic carbocycles. The van der Waals surface area contributed by atoms with Gasteiger partial charge < -0.3 is 10.6 Å². The van der Waals surface area contributed by atoms with Gasteiger partial charge in [-0.25, -0.2) is 13.2 Å². The fourth-order valence-electron chi connectivity index (χ4n) is 2.60. The minimum Gasteiger partial charge on any atom is -0.323 e. The number of allylic oxidation sites excluding steroid dienone is 1. The molecule has 2 N–H and O–H groups in total. The Morgan fingerprint density at radius 3 is 2.50 bits per heavy atom. The van der Waals surface area contributed by atoms with Crippen molar-refractivity contribution in [2.45, 2.75) is 26.0 Å². The zero-order valence-electron chi connectivity index (χ0n) is 15.1. The maximum atomic E-state index is 13.7. The van der Waals surface area contributed by atoms with Gasteiger partial charge in [0.25, 0.3) is 0 Å². The molecule has 146 valence electrons. The highest BCUT2D eigenvalue weighted by atomic mass is 32.2. The summed E-state index contributed by atoms with van der Waals surface area (Å²) in [6, 6.07) is 5.37. The molecule has 0 aliphatic carbocycles. The Balaban J connectivity index is 2.25. The second-order valence-electron chi connectivity index (χ2n) is 6.56. The lowest BCUT2D eigenvalue weighted by molar-refractivity contribution is -0.125. The van der Waals surface area contributed by atoms with Gasteiger partial charge in [0, 0.05) is 5.41 Å². The Morgan fingerprint density at radius 2 is 1.93 bits per heavy atom. The van der Waals surface area contributed by atoms with Gasteiger partial charge in [-0.1, -0.05) is 25.6 Å². The molecular weight excluding hydrogens is 393 g/mol. The van der Waals surface area contributed by atoms with E-state index in [1.807, 2.05) is 12.1 Å². The van der Waals surface area contributed by atoms with Crippen molar-refractivity contribution in [3.63, 3.8) is 0 Å². The minimum absolute atomic E-state index is 0.109. The van der Waals surface area contributed by atoms with Gasteiger partial charge in [0.05, 0.1) is 33.7 Å². The maximum Gasteiger partial charge on any atom is 0.243 e. The molecule has 2 amide bonds. The van der Waals surface area contributed by atoms with Crippen LogP contribution < -0.4 is 10.6 Å². The van der Waals surface area contributed by atoms with Gasteiger partial charge in [-0.3, -0.25) is 9.59 Å². The molecule has 0 saturated carbocycles. The topological polar surface area (TPSA) is 106 Å². The van der Waals surface area contributed by atoms with Crippen molar-refractivity contribution in [3.8, 4) is 12.1 Å². The number of hydrogen-bond acceptors (Lipinski definition) is 5. The van der Waals surface area contributed by atoms with Crippen molar-refractivity contribution in [1.29, 1.82) is 10.5 Å². The number of benzene rings is 1. The van der Waals surface area contributed by atoms with Crippen LogP contribution in [0, 0.1) is 51.4 Å². The third kappa shape index (κ3) is 3.82. The molecule has 1 aromatic rings. The molecule has 6 nitrogen and oxygen atoms in total. The largest absolute Gasteiger partial charge is 0.323 e. The van der Waals surface area contributed by atoms with E-state index in [4.69, 9.17) is 0 Å². The van der Waals surface area contributed by atoms with E-state index in [0.29, 0.717) is 6.07 Å². The Morgan fingerprint density at radius 1 is 1.29 bits per heavy atom. The molecule has 0 bridgehead atoms. The van der Waals surface area contributed by atoms with Gasteiger partial charge >= 0.3 is 0 Å². The standard InChI is InChI=1S/C18H15F3N4O2S/c1-8(15(26)24-12-5-4-11(19)13(20)14(12)21)28-17-10(7-23)18(2,3)9(6-22)16(27)25-17/h4-5,8-9H,1-3H3,(H,24,26)(H,25,27)/t8-,9+/m1/s1. The van der Waals surface area contributed by atoms with Gasteiger partial charge in [0.1, 0.15) is 5.92 Å². The number of nitriles is 2. The number of amides is 2. The van der Waals surface area contributed by atoms with E-state index in [-0.39, 0.29) is 10.6 Å². The Kier molecular flexibility index (Phi) is 6.05. The summed E-state index contributed by atoms with van der Waals surface area (Å²) in [5, 5.41) is 22.4. The van der Waals surface area contributed by atoms with Crippen LogP contribution >= 0.6 is 11.8 Å². The fraction of sp³-hybridized carbons (Fsp3) is 0.333. The zero-order valence-corrected chi connectivity index (χ0v) is 15.9. The van der Waals surface area contributed by atoms with Gasteiger partial charge in [0.2, 0.25) is 11.8 Å². The highest BCUT2D eigenvalue weighted by molar-refractivity contribution is 8.04. The number of anilines is 1. The van der Waals surface area contributed by atoms with Crippen LogP contribution in [0.1, 0.15) is 20.8 Å². The average Bonchev–Trinajstić information content (AvgIpc) is 2.61. The second kappa shape index (κ2) is 7.95. The minimum atomic E-state index is -1.71. The third-order valence-corrected chi connectivity index (χ3v) is 5.40. The monoisotopic (exact) mass is 408 g/mol. The molecule has 1 heterocycles.